The third-order valence-electron chi connectivity index (χ3n) is 6.35. The number of pyridine rings is 1. The number of benzene rings is 2. The number of hydrogen-bond donors (Lipinski definition) is 1. The molecule has 1 saturated heterocycles. The Balaban J connectivity index is 1.71. The van der Waals surface area contributed by atoms with E-state index in [4.69, 9.17) is 4.74 Å². The molecule has 0 saturated carbocycles. The highest BCUT2D eigenvalue weighted by molar-refractivity contribution is 5.47. The van der Waals surface area contributed by atoms with Crippen LogP contribution in [0.15, 0.2) is 59.4 Å². The highest BCUT2D eigenvalue weighted by Crippen LogP contribution is 2.34. The lowest BCUT2D eigenvalue weighted by Gasteiger charge is -2.40. The van der Waals surface area contributed by atoms with Crippen molar-refractivity contribution >= 4 is 5.69 Å². The number of methoxy groups -OCH3 is 1. The van der Waals surface area contributed by atoms with E-state index in [1.54, 1.807) is 48.9 Å². The molecule has 8 heteroatoms. The van der Waals surface area contributed by atoms with E-state index in [0.717, 1.165) is 5.69 Å². The molecule has 0 amide bonds. The summed E-state index contributed by atoms with van der Waals surface area (Å²) in [4.78, 5) is 17.8. The molecule has 4 rings (SSSR count). The maximum atomic E-state index is 14.2. The molecule has 1 fully saturated rings. The van der Waals surface area contributed by atoms with Gasteiger partial charge in [-0.05, 0) is 55.0 Å². The van der Waals surface area contributed by atoms with Crippen molar-refractivity contribution < 1.29 is 18.6 Å². The first-order valence-corrected chi connectivity index (χ1v) is 11.3. The number of aromatic hydroxyl groups is 1. The summed E-state index contributed by atoms with van der Waals surface area (Å²) in [5.74, 6) is -0.793. The normalized spacial score (nSPS) is 15.5. The minimum Gasteiger partial charge on any atom is -0.507 e. The molecule has 0 bridgehead atoms. The standard InChI is InChI=1S/C26H29F2N3O3/c1-18-16-23(32)24(26(33)31(18)14-15-34-2)25(19-4-3-5-21(28)17-19)30-12-10-29(11-13-30)22-8-6-20(27)7-9-22/h3-9,16-17,25,32H,10-15H2,1-2H3/t25-/m1/s1. The van der Waals surface area contributed by atoms with Crippen LogP contribution in [0.25, 0.3) is 0 Å². The van der Waals surface area contributed by atoms with Crippen molar-refractivity contribution in [1.82, 2.24) is 9.47 Å². The lowest BCUT2D eigenvalue weighted by Crippen LogP contribution is -2.49. The van der Waals surface area contributed by atoms with Gasteiger partial charge < -0.3 is 19.3 Å². The van der Waals surface area contributed by atoms with Gasteiger partial charge in [0.15, 0.2) is 0 Å². The Morgan fingerprint density at radius 3 is 2.35 bits per heavy atom. The van der Waals surface area contributed by atoms with Crippen LogP contribution in [0, 0.1) is 18.6 Å². The summed E-state index contributed by atoms with van der Waals surface area (Å²) >= 11 is 0. The van der Waals surface area contributed by atoms with Gasteiger partial charge in [0.25, 0.3) is 5.56 Å². The quantitative estimate of drug-likeness (QED) is 0.572. The lowest BCUT2D eigenvalue weighted by molar-refractivity contribution is 0.183. The molecule has 0 radical (unpaired) electrons. The zero-order valence-electron chi connectivity index (χ0n) is 19.4. The van der Waals surface area contributed by atoms with Crippen molar-refractivity contribution in [3.8, 4) is 5.75 Å². The molecule has 3 aromatic rings. The van der Waals surface area contributed by atoms with Crippen LogP contribution in [-0.2, 0) is 11.3 Å². The summed E-state index contributed by atoms with van der Waals surface area (Å²) in [6.07, 6.45) is 0. The van der Waals surface area contributed by atoms with E-state index in [0.29, 0.717) is 50.6 Å². The smallest absolute Gasteiger partial charge is 0.259 e. The molecule has 1 aromatic heterocycles. The molecule has 6 nitrogen and oxygen atoms in total. The second kappa shape index (κ2) is 10.4. The summed E-state index contributed by atoms with van der Waals surface area (Å²) in [5.41, 5.74) is 2.06. The lowest BCUT2D eigenvalue weighted by atomic mass is 9.95. The SMILES string of the molecule is COCCn1c(C)cc(O)c([C@@H](c2cccc(F)c2)N2CCN(c3ccc(F)cc3)CC2)c1=O. The molecule has 180 valence electrons. The number of halogens is 2. The fraction of sp³-hybridized carbons (Fsp3) is 0.346. The maximum absolute atomic E-state index is 14.2. The molecule has 1 aliphatic rings. The van der Waals surface area contributed by atoms with Gasteiger partial charge in [0, 0.05) is 51.2 Å². The fourth-order valence-corrected chi connectivity index (χ4v) is 4.61. The molecular weight excluding hydrogens is 440 g/mol. The number of aryl methyl sites for hydroxylation is 1. The molecule has 34 heavy (non-hydrogen) atoms. The molecule has 2 heterocycles. The number of hydrogen-bond acceptors (Lipinski definition) is 5. The monoisotopic (exact) mass is 469 g/mol. The molecule has 1 aliphatic heterocycles. The van der Waals surface area contributed by atoms with Gasteiger partial charge in [-0.25, -0.2) is 8.78 Å². The predicted octanol–water partition coefficient (Wildman–Crippen LogP) is 3.70. The first kappa shape index (κ1) is 23.9. The number of nitrogens with zero attached hydrogens (tertiary/aromatic N) is 3. The van der Waals surface area contributed by atoms with Crippen LogP contribution >= 0.6 is 0 Å². The van der Waals surface area contributed by atoms with Crippen LogP contribution in [0.2, 0.25) is 0 Å². The highest BCUT2D eigenvalue weighted by atomic mass is 19.1. The molecule has 0 spiro atoms. The summed E-state index contributed by atoms with van der Waals surface area (Å²) < 4.78 is 34.3. The summed E-state index contributed by atoms with van der Waals surface area (Å²) in [5, 5.41) is 10.9. The molecule has 0 aliphatic carbocycles. The van der Waals surface area contributed by atoms with E-state index in [1.807, 2.05) is 0 Å². The van der Waals surface area contributed by atoms with Crippen LogP contribution in [0.1, 0.15) is 22.9 Å². The van der Waals surface area contributed by atoms with E-state index in [1.165, 1.54) is 24.3 Å². The van der Waals surface area contributed by atoms with Crippen LogP contribution < -0.4 is 10.5 Å². The van der Waals surface area contributed by atoms with Crippen molar-refractivity contribution in [3.05, 3.63) is 93.4 Å². The van der Waals surface area contributed by atoms with Gasteiger partial charge in [0.1, 0.15) is 17.4 Å². The average molecular weight is 470 g/mol. The predicted molar refractivity (Wildman–Crippen MR) is 127 cm³/mol. The van der Waals surface area contributed by atoms with Crippen molar-refractivity contribution in [2.45, 2.75) is 19.5 Å². The van der Waals surface area contributed by atoms with Crippen molar-refractivity contribution in [2.75, 3.05) is 44.8 Å². The Morgan fingerprint density at radius 2 is 1.71 bits per heavy atom. The van der Waals surface area contributed by atoms with Gasteiger partial charge in [-0.1, -0.05) is 12.1 Å². The molecule has 1 atom stereocenters. The second-order valence-corrected chi connectivity index (χ2v) is 8.49. The minimum absolute atomic E-state index is 0.105. The van der Waals surface area contributed by atoms with Gasteiger partial charge in [0.2, 0.25) is 0 Å². The Labute approximate surface area is 197 Å². The van der Waals surface area contributed by atoms with E-state index >= 15 is 0 Å². The largest absolute Gasteiger partial charge is 0.507 e. The number of rotatable bonds is 7. The molecule has 1 N–H and O–H groups in total. The number of ether oxygens (including phenoxy) is 1. The zero-order valence-corrected chi connectivity index (χ0v) is 19.4. The fourth-order valence-electron chi connectivity index (χ4n) is 4.61. The first-order valence-electron chi connectivity index (χ1n) is 11.3. The van der Waals surface area contributed by atoms with Crippen LogP contribution in [0.4, 0.5) is 14.5 Å². The molecule has 2 aromatic carbocycles. The number of anilines is 1. The minimum atomic E-state index is -0.618. The van der Waals surface area contributed by atoms with E-state index in [-0.39, 0.29) is 22.7 Å². The summed E-state index contributed by atoms with van der Waals surface area (Å²) in [6.45, 7) is 4.89. The van der Waals surface area contributed by atoms with Crippen molar-refractivity contribution in [1.29, 1.82) is 0 Å². The van der Waals surface area contributed by atoms with Gasteiger partial charge >= 0.3 is 0 Å². The Bertz CT molecular complexity index is 1190. The van der Waals surface area contributed by atoms with E-state index < -0.39 is 11.9 Å². The number of piperazine rings is 1. The summed E-state index contributed by atoms with van der Waals surface area (Å²) in [7, 11) is 1.57. The first-order chi connectivity index (χ1) is 16.4. The van der Waals surface area contributed by atoms with Gasteiger partial charge in [-0.2, -0.15) is 0 Å². The zero-order chi connectivity index (χ0) is 24.2. The van der Waals surface area contributed by atoms with Gasteiger partial charge in [-0.15, -0.1) is 0 Å². The third-order valence-corrected chi connectivity index (χ3v) is 6.35. The Kier molecular flexibility index (Phi) is 7.29. The maximum Gasteiger partial charge on any atom is 0.259 e. The average Bonchev–Trinajstić information content (AvgIpc) is 2.82. The second-order valence-electron chi connectivity index (χ2n) is 8.49. The Morgan fingerprint density at radius 1 is 1.00 bits per heavy atom. The Hall–Kier alpha value is -3.23. The summed E-state index contributed by atoms with van der Waals surface area (Å²) in [6, 6.07) is 13.5. The van der Waals surface area contributed by atoms with Crippen LogP contribution in [0.5, 0.6) is 5.75 Å². The number of aromatic nitrogens is 1. The topological polar surface area (TPSA) is 57.9 Å². The van der Waals surface area contributed by atoms with Crippen LogP contribution in [-0.4, -0.2) is 54.5 Å². The third kappa shape index (κ3) is 4.98. The van der Waals surface area contributed by atoms with Gasteiger partial charge in [0.05, 0.1) is 18.2 Å². The van der Waals surface area contributed by atoms with Gasteiger partial charge in [-0.3, -0.25) is 9.69 Å². The molecular formula is C26H29F2N3O3. The van der Waals surface area contributed by atoms with E-state index in [9.17, 15) is 18.7 Å². The highest BCUT2D eigenvalue weighted by Gasteiger charge is 2.31. The molecule has 0 unspecified atom stereocenters. The van der Waals surface area contributed by atoms with Crippen molar-refractivity contribution in [3.63, 3.8) is 0 Å². The van der Waals surface area contributed by atoms with E-state index in [2.05, 4.69) is 9.80 Å². The van der Waals surface area contributed by atoms with Crippen molar-refractivity contribution in [2.24, 2.45) is 0 Å². The van der Waals surface area contributed by atoms with Crippen LogP contribution in [0.3, 0.4) is 0 Å².